The highest BCUT2D eigenvalue weighted by Crippen LogP contribution is 2.39. The van der Waals surface area contributed by atoms with Gasteiger partial charge in [-0.05, 0) is 47.1 Å². The van der Waals surface area contributed by atoms with Crippen molar-refractivity contribution in [1.82, 2.24) is 15.4 Å². The normalized spacial score (nSPS) is 16.0. The lowest BCUT2D eigenvalue weighted by Crippen LogP contribution is -2.43. The maximum Gasteiger partial charge on any atom is 0.427 e. The molecule has 2 aromatic carbocycles. The van der Waals surface area contributed by atoms with Gasteiger partial charge < -0.3 is 19.8 Å². The zero-order valence-electron chi connectivity index (χ0n) is 14.7. The van der Waals surface area contributed by atoms with Crippen LogP contribution in [0.4, 0.5) is 10.5 Å². The molecule has 0 aliphatic carbocycles. The van der Waals surface area contributed by atoms with E-state index in [1.807, 2.05) is 6.92 Å². The molecule has 0 saturated carbocycles. The van der Waals surface area contributed by atoms with Crippen LogP contribution in [0.25, 0.3) is 16.6 Å². The van der Waals surface area contributed by atoms with Crippen LogP contribution < -0.4 is 16.1 Å². The Morgan fingerprint density at radius 1 is 1.31 bits per heavy atom. The molecule has 0 bridgehead atoms. The van der Waals surface area contributed by atoms with Crippen LogP contribution in [-0.4, -0.2) is 27.8 Å². The van der Waals surface area contributed by atoms with Crippen LogP contribution >= 0.6 is 39.1 Å². The number of amides is 2. The quantitative estimate of drug-likeness (QED) is 0.431. The second-order valence-electron chi connectivity index (χ2n) is 6.31. The highest BCUT2D eigenvalue weighted by molar-refractivity contribution is 9.10. The third kappa shape index (κ3) is 3.51. The summed E-state index contributed by atoms with van der Waals surface area (Å²) in [7, 11) is 0. The van der Waals surface area contributed by atoms with Crippen molar-refractivity contribution in [2.75, 3.05) is 5.32 Å². The lowest BCUT2D eigenvalue weighted by molar-refractivity contribution is -0.119. The Morgan fingerprint density at radius 2 is 2.00 bits per heavy atom. The predicted octanol–water partition coefficient (Wildman–Crippen LogP) is 4.22. The molecular weight excluding hydrogens is 487 g/mol. The number of rotatable bonds is 3. The van der Waals surface area contributed by atoms with E-state index in [0.29, 0.717) is 21.4 Å². The van der Waals surface area contributed by atoms with Crippen LogP contribution in [0.5, 0.6) is 5.75 Å². The molecule has 1 aromatic heterocycles. The van der Waals surface area contributed by atoms with E-state index >= 15 is 0 Å². The van der Waals surface area contributed by atoms with Gasteiger partial charge in [-0.15, -0.1) is 5.48 Å². The number of aryl methyl sites for hydroxylation is 1. The Hall–Kier alpha value is -2.46. The van der Waals surface area contributed by atoms with Gasteiger partial charge in [0.1, 0.15) is 5.75 Å². The third-order valence-corrected chi connectivity index (χ3v) is 5.65. The fourth-order valence-corrected chi connectivity index (χ4v) is 4.49. The molecule has 1 atom stereocenters. The van der Waals surface area contributed by atoms with Gasteiger partial charge in [0.25, 0.3) is 5.91 Å². The number of anilines is 1. The van der Waals surface area contributed by atoms with E-state index < -0.39 is 18.2 Å². The molecule has 1 saturated heterocycles. The van der Waals surface area contributed by atoms with Crippen LogP contribution in [0.1, 0.15) is 5.56 Å². The van der Waals surface area contributed by atoms with Crippen LogP contribution in [0, 0.1) is 6.92 Å². The second-order valence-corrected chi connectivity index (χ2v) is 7.98. The van der Waals surface area contributed by atoms with Crippen molar-refractivity contribution in [3.63, 3.8) is 0 Å². The summed E-state index contributed by atoms with van der Waals surface area (Å²) in [6.07, 6.45) is 0.0281. The molecule has 0 spiro atoms. The van der Waals surface area contributed by atoms with Crippen molar-refractivity contribution in [3.05, 3.63) is 50.5 Å². The maximum atomic E-state index is 12.2. The van der Waals surface area contributed by atoms with Crippen molar-refractivity contribution in [2.24, 2.45) is 0 Å². The first-order chi connectivity index (χ1) is 13.8. The summed E-state index contributed by atoms with van der Waals surface area (Å²) in [5, 5.41) is 16.3. The zero-order valence-corrected chi connectivity index (χ0v) is 17.8. The van der Waals surface area contributed by atoms with Gasteiger partial charge in [-0.1, -0.05) is 23.2 Å². The fraction of sp³-hybridized carbons (Fsp3) is 0.111. The first-order valence-electron chi connectivity index (χ1n) is 8.28. The standard InChI is InChI=1S/C18H13BrCl2N4O4/c1-7-13(26)3-2-12-14(7)9(19)6-25(12)15-10(20)4-8(5-11(15)21)22-17(27)16-23-18(28)29-24-16/h2-6,16,24,26H,1H3,(H,22,27)(H,23,28). The molecule has 8 nitrogen and oxygen atoms in total. The zero-order chi connectivity index (χ0) is 20.9. The molecule has 2 heterocycles. The minimum atomic E-state index is -1.03. The van der Waals surface area contributed by atoms with Crippen LogP contribution in [0.3, 0.4) is 0 Å². The fourth-order valence-electron chi connectivity index (χ4n) is 3.11. The van der Waals surface area contributed by atoms with E-state index in [1.54, 1.807) is 35.0 Å². The van der Waals surface area contributed by atoms with E-state index in [2.05, 4.69) is 36.9 Å². The first-order valence-corrected chi connectivity index (χ1v) is 9.83. The van der Waals surface area contributed by atoms with Crippen molar-refractivity contribution < 1.29 is 19.5 Å². The summed E-state index contributed by atoms with van der Waals surface area (Å²) in [5.74, 6) is -0.362. The molecular formula is C18H13BrCl2N4O4. The largest absolute Gasteiger partial charge is 0.508 e. The van der Waals surface area contributed by atoms with Crippen molar-refractivity contribution in [1.29, 1.82) is 0 Å². The molecule has 150 valence electrons. The van der Waals surface area contributed by atoms with Gasteiger partial charge in [0.15, 0.2) is 6.17 Å². The Bertz CT molecular complexity index is 1160. The molecule has 2 amide bonds. The molecule has 1 fully saturated rings. The van der Waals surface area contributed by atoms with Gasteiger partial charge in [-0.25, -0.2) is 4.79 Å². The number of phenolic OH excluding ortho intramolecular Hbond substituents is 1. The number of hydrogen-bond donors (Lipinski definition) is 4. The third-order valence-electron chi connectivity index (χ3n) is 4.47. The molecule has 1 unspecified atom stereocenters. The number of fused-ring (bicyclic) bond motifs is 1. The summed E-state index contributed by atoms with van der Waals surface area (Å²) in [6.45, 7) is 1.81. The van der Waals surface area contributed by atoms with Gasteiger partial charge in [0.2, 0.25) is 0 Å². The predicted molar refractivity (Wildman–Crippen MR) is 113 cm³/mol. The van der Waals surface area contributed by atoms with Crippen molar-refractivity contribution in [2.45, 2.75) is 13.1 Å². The summed E-state index contributed by atoms with van der Waals surface area (Å²) in [5.41, 5.74) is 4.64. The van der Waals surface area contributed by atoms with Gasteiger partial charge in [-0.3, -0.25) is 10.1 Å². The van der Waals surface area contributed by atoms with Gasteiger partial charge in [-0.2, -0.15) is 0 Å². The van der Waals surface area contributed by atoms with Crippen molar-refractivity contribution in [3.8, 4) is 11.4 Å². The number of nitrogens with zero attached hydrogens (tertiary/aromatic N) is 1. The van der Waals surface area contributed by atoms with Gasteiger partial charge >= 0.3 is 6.09 Å². The lowest BCUT2D eigenvalue weighted by Gasteiger charge is -2.14. The topological polar surface area (TPSA) is 105 Å². The summed E-state index contributed by atoms with van der Waals surface area (Å²) in [4.78, 5) is 27.7. The second kappa shape index (κ2) is 7.42. The lowest BCUT2D eigenvalue weighted by atomic mass is 10.1. The molecule has 11 heteroatoms. The number of phenols is 1. The van der Waals surface area contributed by atoms with E-state index in [1.165, 1.54) is 0 Å². The number of halogens is 3. The first kappa shape index (κ1) is 19.8. The Balaban J connectivity index is 1.72. The number of aromatic hydroxyl groups is 1. The molecule has 1 aliphatic rings. The molecule has 0 radical (unpaired) electrons. The molecule has 4 rings (SSSR count). The SMILES string of the molecule is Cc1c(O)ccc2c1c(Br)cn2-c1c(Cl)cc(NC(=O)C2NOC(=O)N2)cc1Cl. The number of aromatic nitrogens is 1. The number of carbonyl (C=O) groups is 2. The van der Waals surface area contributed by atoms with Crippen LogP contribution in [-0.2, 0) is 9.63 Å². The van der Waals surface area contributed by atoms with Crippen molar-refractivity contribution >= 4 is 67.7 Å². The number of nitrogens with one attached hydrogen (secondary N) is 3. The highest BCUT2D eigenvalue weighted by Gasteiger charge is 2.29. The minimum Gasteiger partial charge on any atom is -0.508 e. The number of carbonyl (C=O) groups excluding carboxylic acids is 2. The number of hydrogen-bond acceptors (Lipinski definition) is 5. The van der Waals surface area contributed by atoms with E-state index in [9.17, 15) is 14.7 Å². The Labute approximate surface area is 182 Å². The smallest absolute Gasteiger partial charge is 0.427 e. The molecule has 1 aliphatic heterocycles. The summed E-state index contributed by atoms with van der Waals surface area (Å²) >= 11 is 16.5. The number of hydroxylamine groups is 1. The van der Waals surface area contributed by atoms with E-state index in [-0.39, 0.29) is 5.75 Å². The highest BCUT2D eigenvalue weighted by atomic mass is 79.9. The number of benzene rings is 2. The average Bonchev–Trinajstić information content (AvgIpc) is 3.22. The van der Waals surface area contributed by atoms with E-state index in [4.69, 9.17) is 23.2 Å². The summed E-state index contributed by atoms with van der Waals surface area (Å²) < 4.78 is 2.57. The monoisotopic (exact) mass is 498 g/mol. The van der Waals surface area contributed by atoms with Gasteiger partial charge in [0, 0.05) is 27.3 Å². The van der Waals surface area contributed by atoms with Crippen LogP contribution in [0.2, 0.25) is 10.0 Å². The minimum absolute atomic E-state index is 0.183. The summed E-state index contributed by atoms with van der Waals surface area (Å²) in [6, 6.07) is 6.46. The Kier molecular flexibility index (Phi) is 5.07. The maximum absolute atomic E-state index is 12.2. The Morgan fingerprint density at radius 3 is 2.62 bits per heavy atom. The molecule has 29 heavy (non-hydrogen) atoms. The van der Waals surface area contributed by atoms with Gasteiger partial charge in [0.05, 0.1) is 21.2 Å². The molecule has 3 aromatic rings. The molecule has 4 N–H and O–H groups in total. The average molecular weight is 500 g/mol. The van der Waals surface area contributed by atoms with E-state index in [0.717, 1.165) is 20.9 Å². The van der Waals surface area contributed by atoms with Crippen LogP contribution in [0.15, 0.2) is 34.9 Å².